The van der Waals surface area contributed by atoms with Gasteiger partial charge in [-0.1, -0.05) is 54.6 Å². The zero-order valence-electron chi connectivity index (χ0n) is 12.8. The summed E-state index contributed by atoms with van der Waals surface area (Å²) in [5.74, 6) is 0.0667. The quantitative estimate of drug-likeness (QED) is 0.789. The van der Waals surface area contributed by atoms with Gasteiger partial charge in [-0.05, 0) is 35.9 Å². The molecule has 0 aliphatic carbocycles. The van der Waals surface area contributed by atoms with Crippen LogP contribution in [-0.4, -0.2) is 5.91 Å². The normalized spacial score (nSPS) is 10.7. The fourth-order valence-corrected chi connectivity index (χ4v) is 2.14. The fourth-order valence-electron chi connectivity index (χ4n) is 2.14. The highest BCUT2D eigenvalue weighted by Gasteiger charge is 2.09. The van der Waals surface area contributed by atoms with Gasteiger partial charge in [0.15, 0.2) is 0 Å². The van der Waals surface area contributed by atoms with E-state index in [9.17, 15) is 9.59 Å². The number of hydrogen-bond acceptors (Lipinski definition) is 3. The molecule has 0 spiro atoms. The van der Waals surface area contributed by atoms with Crippen molar-refractivity contribution >= 4 is 23.7 Å². The van der Waals surface area contributed by atoms with E-state index in [1.54, 1.807) is 36.4 Å². The molecule has 3 aromatic rings. The Balaban J connectivity index is 1.74. The molecule has 0 atom stereocenters. The molecule has 0 aliphatic heterocycles. The lowest BCUT2D eigenvalue weighted by Crippen LogP contribution is -2.17. The molecule has 0 saturated heterocycles. The van der Waals surface area contributed by atoms with E-state index in [0.717, 1.165) is 5.56 Å². The smallest absolute Gasteiger partial charge is 0.360 e. The third-order valence-electron chi connectivity index (χ3n) is 3.37. The van der Waals surface area contributed by atoms with E-state index < -0.39 is 5.63 Å². The summed E-state index contributed by atoms with van der Waals surface area (Å²) >= 11 is 0. The molecule has 0 radical (unpaired) electrons. The highest BCUT2D eigenvalue weighted by Crippen LogP contribution is 2.10. The number of hydrogen-bond donors (Lipinski definition) is 1. The third kappa shape index (κ3) is 3.87. The van der Waals surface area contributed by atoms with Crippen LogP contribution in [0.3, 0.4) is 0 Å². The summed E-state index contributed by atoms with van der Waals surface area (Å²) in [5.41, 5.74) is 1.00. The molecule has 4 heteroatoms. The first kappa shape index (κ1) is 15.5. The Morgan fingerprint density at radius 1 is 0.833 bits per heavy atom. The van der Waals surface area contributed by atoms with Crippen LogP contribution < -0.4 is 10.9 Å². The molecule has 4 nitrogen and oxygen atoms in total. The predicted molar refractivity (Wildman–Crippen MR) is 94.7 cm³/mol. The number of carbonyl (C=O) groups is 1. The van der Waals surface area contributed by atoms with Crippen molar-refractivity contribution in [3.63, 3.8) is 0 Å². The molecule has 118 valence electrons. The summed E-state index contributed by atoms with van der Waals surface area (Å²) in [4.78, 5) is 24.1. The second kappa shape index (κ2) is 7.24. The van der Waals surface area contributed by atoms with Gasteiger partial charge in [-0.25, -0.2) is 4.79 Å². The molecule has 1 amide bonds. The van der Waals surface area contributed by atoms with Crippen molar-refractivity contribution < 1.29 is 9.21 Å². The van der Waals surface area contributed by atoms with Crippen LogP contribution in [-0.2, 0) is 0 Å². The van der Waals surface area contributed by atoms with Crippen LogP contribution in [0.2, 0.25) is 0 Å². The average Bonchev–Trinajstić information content (AvgIpc) is 2.63. The van der Waals surface area contributed by atoms with E-state index in [-0.39, 0.29) is 11.6 Å². The molecule has 0 saturated carbocycles. The van der Waals surface area contributed by atoms with Gasteiger partial charge in [-0.3, -0.25) is 4.79 Å². The topological polar surface area (TPSA) is 59.3 Å². The van der Waals surface area contributed by atoms with Gasteiger partial charge in [0.25, 0.3) is 5.91 Å². The molecule has 24 heavy (non-hydrogen) atoms. The minimum atomic E-state index is -0.588. The molecule has 1 aromatic heterocycles. The second-order valence-corrected chi connectivity index (χ2v) is 5.10. The van der Waals surface area contributed by atoms with Crippen LogP contribution in [0.4, 0.5) is 5.69 Å². The zero-order chi connectivity index (χ0) is 16.8. The van der Waals surface area contributed by atoms with Gasteiger partial charge in [0.05, 0.1) is 0 Å². The SMILES string of the molecule is O=C(Nc1ccc(/C=C/c2ccccc2)oc1=O)c1ccccc1. The van der Waals surface area contributed by atoms with Gasteiger partial charge in [0, 0.05) is 5.56 Å². The Kier molecular flexibility index (Phi) is 4.68. The molecule has 0 aliphatic rings. The van der Waals surface area contributed by atoms with Crippen molar-refractivity contribution in [2.24, 2.45) is 0 Å². The van der Waals surface area contributed by atoms with Gasteiger partial charge in [0.2, 0.25) is 0 Å². The Morgan fingerprint density at radius 3 is 2.17 bits per heavy atom. The number of anilines is 1. The molecule has 0 bridgehead atoms. The summed E-state index contributed by atoms with van der Waals surface area (Å²) < 4.78 is 5.21. The number of nitrogens with one attached hydrogen (secondary N) is 1. The van der Waals surface area contributed by atoms with Crippen LogP contribution in [0.1, 0.15) is 21.7 Å². The molecular weight excluding hydrogens is 302 g/mol. The summed E-state index contributed by atoms with van der Waals surface area (Å²) in [6.07, 6.45) is 3.56. The molecule has 1 heterocycles. The number of rotatable bonds is 4. The van der Waals surface area contributed by atoms with Crippen molar-refractivity contribution in [3.05, 3.63) is 100 Å². The summed E-state index contributed by atoms with van der Waals surface area (Å²) in [6.45, 7) is 0. The summed E-state index contributed by atoms with van der Waals surface area (Å²) in [5, 5.41) is 2.56. The van der Waals surface area contributed by atoms with Gasteiger partial charge >= 0.3 is 5.63 Å². The Hall–Kier alpha value is -3.40. The molecule has 2 aromatic carbocycles. The van der Waals surface area contributed by atoms with Crippen LogP contribution in [0.15, 0.2) is 82.0 Å². The second-order valence-electron chi connectivity index (χ2n) is 5.10. The van der Waals surface area contributed by atoms with Crippen molar-refractivity contribution in [1.82, 2.24) is 0 Å². The van der Waals surface area contributed by atoms with Gasteiger partial charge < -0.3 is 9.73 Å². The van der Waals surface area contributed by atoms with E-state index in [2.05, 4.69) is 5.32 Å². The molecule has 0 fully saturated rings. The zero-order valence-corrected chi connectivity index (χ0v) is 12.8. The van der Waals surface area contributed by atoms with E-state index in [1.165, 1.54) is 6.07 Å². The first-order valence-electron chi connectivity index (χ1n) is 7.46. The lowest BCUT2D eigenvalue weighted by molar-refractivity contribution is 0.102. The summed E-state index contributed by atoms with van der Waals surface area (Å²) in [7, 11) is 0. The Bertz CT molecular complexity index is 912. The van der Waals surface area contributed by atoms with Gasteiger partial charge in [-0.2, -0.15) is 0 Å². The van der Waals surface area contributed by atoms with E-state index in [4.69, 9.17) is 4.42 Å². The standard InChI is InChI=1S/C20H15NO3/c22-19(16-9-5-2-6-10-16)21-18-14-13-17(24-20(18)23)12-11-15-7-3-1-4-8-15/h1-14H,(H,21,22)/b12-11+. The first-order valence-corrected chi connectivity index (χ1v) is 7.46. The monoisotopic (exact) mass is 317 g/mol. The minimum absolute atomic E-state index is 0.112. The van der Waals surface area contributed by atoms with Crippen LogP contribution in [0.25, 0.3) is 12.2 Å². The fraction of sp³-hybridized carbons (Fsp3) is 0. The molecular formula is C20H15NO3. The number of amides is 1. The predicted octanol–water partition coefficient (Wildman–Crippen LogP) is 4.06. The summed E-state index contributed by atoms with van der Waals surface area (Å²) in [6, 6.07) is 21.5. The molecule has 0 unspecified atom stereocenters. The highest BCUT2D eigenvalue weighted by molar-refractivity contribution is 6.04. The maximum Gasteiger partial charge on any atom is 0.360 e. The van der Waals surface area contributed by atoms with Crippen molar-refractivity contribution in [2.75, 3.05) is 5.32 Å². The third-order valence-corrected chi connectivity index (χ3v) is 3.37. The lowest BCUT2D eigenvalue weighted by Gasteiger charge is -2.04. The van der Waals surface area contributed by atoms with Crippen molar-refractivity contribution in [1.29, 1.82) is 0 Å². The van der Waals surface area contributed by atoms with Gasteiger partial charge in [0.1, 0.15) is 11.4 Å². The number of carbonyl (C=O) groups excluding carboxylic acids is 1. The van der Waals surface area contributed by atoms with Crippen molar-refractivity contribution in [3.8, 4) is 0 Å². The van der Waals surface area contributed by atoms with Crippen LogP contribution in [0.5, 0.6) is 0 Å². The van der Waals surface area contributed by atoms with Gasteiger partial charge in [-0.15, -0.1) is 0 Å². The van der Waals surface area contributed by atoms with Crippen molar-refractivity contribution in [2.45, 2.75) is 0 Å². The maximum atomic E-state index is 12.1. The lowest BCUT2D eigenvalue weighted by atomic mass is 10.2. The number of benzene rings is 2. The van der Waals surface area contributed by atoms with Crippen LogP contribution in [0, 0.1) is 0 Å². The first-order chi connectivity index (χ1) is 11.7. The maximum absolute atomic E-state index is 12.1. The molecule has 1 N–H and O–H groups in total. The minimum Gasteiger partial charge on any atom is -0.422 e. The van der Waals surface area contributed by atoms with E-state index in [0.29, 0.717) is 11.3 Å². The van der Waals surface area contributed by atoms with E-state index in [1.807, 2.05) is 42.5 Å². The largest absolute Gasteiger partial charge is 0.422 e. The van der Waals surface area contributed by atoms with E-state index >= 15 is 0 Å². The Morgan fingerprint density at radius 2 is 1.50 bits per heavy atom. The van der Waals surface area contributed by atoms with Crippen LogP contribution >= 0.6 is 0 Å². The molecule has 3 rings (SSSR count). The average molecular weight is 317 g/mol. The highest BCUT2D eigenvalue weighted by atomic mass is 16.4. The Labute approximate surface area is 139 Å².